The zero-order valence-electron chi connectivity index (χ0n) is 10.5. The maximum atomic E-state index is 12.0. The van der Waals surface area contributed by atoms with E-state index in [2.05, 4.69) is 15.5 Å². The molecule has 0 aliphatic heterocycles. The van der Waals surface area contributed by atoms with Gasteiger partial charge in [-0.3, -0.25) is 14.9 Å². The summed E-state index contributed by atoms with van der Waals surface area (Å²) in [7, 11) is 0. The fraction of sp³-hybridized carbons (Fsp3) is 0.182. The number of nitrogens with one attached hydrogen (secondary N) is 1. The molecule has 2 aromatic rings. The zero-order valence-corrected chi connectivity index (χ0v) is 11.3. The number of carbonyl (C=O) groups is 1. The van der Waals surface area contributed by atoms with Crippen LogP contribution in [0.5, 0.6) is 0 Å². The van der Waals surface area contributed by atoms with Crippen molar-refractivity contribution in [3.8, 4) is 0 Å². The molecular formula is C11H11N5O3S. The van der Waals surface area contributed by atoms with Crippen LogP contribution in [-0.2, 0) is 6.54 Å². The molecule has 0 radical (unpaired) electrons. The summed E-state index contributed by atoms with van der Waals surface area (Å²) in [5, 5.41) is 21.8. The minimum Gasteiger partial charge on any atom is -0.374 e. The molecule has 1 heterocycles. The Morgan fingerprint density at radius 1 is 1.50 bits per heavy atom. The van der Waals surface area contributed by atoms with Crippen LogP contribution < -0.4 is 11.1 Å². The SMILES string of the molecule is Cc1cccc(C(=O)NCc2nnc(N)s2)c1[N+](=O)[O-]. The number of nitrogens with zero attached hydrogens (tertiary/aromatic N) is 3. The smallest absolute Gasteiger partial charge is 0.285 e. The van der Waals surface area contributed by atoms with Crippen molar-refractivity contribution in [3.63, 3.8) is 0 Å². The number of amides is 1. The fourth-order valence-corrected chi connectivity index (χ4v) is 2.22. The Hall–Kier alpha value is -2.55. The molecule has 0 fully saturated rings. The first kappa shape index (κ1) is 13.9. The van der Waals surface area contributed by atoms with Gasteiger partial charge in [-0.25, -0.2) is 0 Å². The first-order chi connectivity index (χ1) is 9.49. The van der Waals surface area contributed by atoms with Crippen LogP contribution in [0, 0.1) is 17.0 Å². The van der Waals surface area contributed by atoms with E-state index < -0.39 is 10.8 Å². The number of anilines is 1. The van der Waals surface area contributed by atoms with Crippen molar-refractivity contribution in [2.75, 3.05) is 5.73 Å². The van der Waals surface area contributed by atoms with Gasteiger partial charge in [0.05, 0.1) is 11.5 Å². The summed E-state index contributed by atoms with van der Waals surface area (Å²) in [5.41, 5.74) is 5.68. The molecule has 0 saturated carbocycles. The molecule has 1 aromatic heterocycles. The highest BCUT2D eigenvalue weighted by Gasteiger charge is 2.22. The summed E-state index contributed by atoms with van der Waals surface area (Å²) in [5.74, 6) is -0.533. The van der Waals surface area contributed by atoms with Crippen LogP contribution in [0.2, 0.25) is 0 Å². The maximum Gasteiger partial charge on any atom is 0.285 e. The predicted octanol–water partition coefficient (Wildman–Crippen LogP) is 1.27. The van der Waals surface area contributed by atoms with Gasteiger partial charge in [-0.1, -0.05) is 23.5 Å². The van der Waals surface area contributed by atoms with Crippen LogP contribution in [0.25, 0.3) is 0 Å². The average Bonchev–Trinajstić information content (AvgIpc) is 2.81. The Balaban J connectivity index is 2.17. The van der Waals surface area contributed by atoms with Gasteiger partial charge in [0, 0.05) is 5.56 Å². The van der Waals surface area contributed by atoms with Gasteiger partial charge in [-0.05, 0) is 13.0 Å². The average molecular weight is 293 g/mol. The van der Waals surface area contributed by atoms with Gasteiger partial charge in [-0.15, -0.1) is 10.2 Å². The van der Waals surface area contributed by atoms with Gasteiger partial charge in [0.2, 0.25) is 5.13 Å². The Morgan fingerprint density at radius 2 is 2.25 bits per heavy atom. The molecule has 20 heavy (non-hydrogen) atoms. The van der Waals surface area contributed by atoms with E-state index in [0.29, 0.717) is 15.7 Å². The molecule has 9 heteroatoms. The van der Waals surface area contributed by atoms with E-state index in [1.807, 2.05) is 0 Å². The molecule has 0 bridgehead atoms. The highest BCUT2D eigenvalue weighted by atomic mass is 32.1. The number of hydrogen-bond acceptors (Lipinski definition) is 7. The Morgan fingerprint density at radius 3 is 2.85 bits per heavy atom. The number of nitro benzene ring substituents is 1. The molecule has 0 atom stereocenters. The first-order valence-corrected chi connectivity index (χ1v) is 6.40. The third-order valence-electron chi connectivity index (χ3n) is 2.55. The molecule has 2 rings (SSSR count). The van der Waals surface area contributed by atoms with Crippen LogP contribution in [0.1, 0.15) is 20.9 Å². The van der Waals surface area contributed by atoms with Crippen molar-refractivity contribution in [1.29, 1.82) is 0 Å². The third-order valence-corrected chi connectivity index (χ3v) is 3.30. The molecule has 8 nitrogen and oxygen atoms in total. The van der Waals surface area contributed by atoms with Crippen molar-refractivity contribution in [2.45, 2.75) is 13.5 Å². The summed E-state index contributed by atoms with van der Waals surface area (Å²) >= 11 is 1.15. The van der Waals surface area contributed by atoms with Crippen LogP contribution in [0.3, 0.4) is 0 Å². The van der Waals surface area contributed by atoms with Gasteiger partial charge >= 0.3 is 0 Å². The zero-order chi connectivity index (χ0) is 14.7. The molecule has 1 aromatic carbocycles. The fourth-order valence-electron chi connectivity index (χ4n) is 1.67. The van der Waals surface area contributed by atoms with Gasteiger partial charge in [0.1, 0.15) is 10.6 Å². The van der Waals surface area contributed by atoms with Crippen molar-refractivity contribution in [3.05, 3.63) is 44.4 Å². The van der Waals surface area contributed by atoms with Gasteiger partial charge in [0.25, 0.3) is 11.6 Å². The monoisotopic (exact) mass is 293 g/mol. The number of rotatable bonds is 4. The lowest BCUT2D eigenvalue weighted by molar-refractivity contribution is -0.385. The third kappa shape index (κ3) is 2.88. The molecule has 0 saturated heterocycles. The summed E-state index contributed by atoms with van der Waals surface area (Å²) in [4.78, 5) is 22.5. The summed E-state index contributed by atoms with van der Waals surface area (Å²) in [6.07, 6.45) is 0. The van der Waals surface area contributed by atoms with Gasteiger partial charge < -0.3 is 11.1 Å². The van der Waals surface area contributed by atoms with Gasteiger partial charge in [-0.2, -0.15) is 0 Å². The van der Waals surface area contributed by atoms with Crippen LogP contribution >= 0.6 is 11.3 Å². The molecule has 0 unspecified atom stereocenters. The molecule has 0 spiro atoms. The van der Waals surface area contributed by atoms with E-state index >= 15 is 0 Å². The lowest BCUT2D eigenvalue weighted by Gasteiger charge is -2.05. The lowest BCUT2D eigenvalue weighted by Crippen LogP contribution is -2.23. The first-order valence-electron chi connectivity index (χ1n) is 5.59. The molecule has 1 amide bonds. The highest BCUT2D eigenvalue weighted by Crippen LogP contribution is 2.23. The molecule has 3 N–H and O–H groups in total. The molecular weight excluding hydrogens is 282 g/mol. The number of carbonyl (C=O) groups excluding carboxylic acids is 1. The number of nitrogen functional groups attached to an aromatic ring is 1. The maximum absolute atomic E-state index is 12.0. The number of benzene rings is 1. The predicted molar refractivity (Wildman–Crippen MR) is 73.3 cm³/mol. The van der Waals surface area contributed by atoms with Gasteiger partial charge in [0.15, 0.2) is 0 Å². The summed E-state index contributed by atoms with van der Waals surface area (Å²) in [6.45, 7) is 1.71. The number of aromatic nitrogens is 2. The van der Waals surface area contributed by atoms with E-state index in [0.717, 1.165) is 11.3 Å². The quantitative estimate of drug-likeness (QED) is 0.646. The standard InChI is InChI=1S/C11H11N5O3S/c1-6-3-2-4-7(9(6)16(18)19)10(17)13-5-8-14-15-11(12)20-8/h2-4H,5H2,1H3,(H2,12,15)(H,13,17). The van der Waals surface area contributed by atoms with E-state index in [1.165, 1.54) is 6.07 Å². The van der Waals surface area contributed by atoms with E-state index in [1.54, 1.807) is 19.1 Å². The molecule has 0 aliphatic carbocycles. The van der Waals surface area contributed by atoms with E-state index in [4.69, 9.17) is 5.73 Å². The second kappa shape index (κ2) is 5.61. The summed E-state index contributed by atoms with van der Waals surface area (Å²) in [6, 6.07) is 4.59. The van der Waals surface area contributed by atoms with Crippen LogP contribution in [0.4, 0.5) is 10.8 Å². The lowest BCUT2D eigenvalue weighted by atomic mass is 10.1. The van der Waals surface area contributed by atoms with Crippen molar-refractivity contribution < 1.29 is 9.72 Å². The topological polar surface area (TPSA) is 124 Å². The van der Waals surface area contributed by atoms with Crippen molar-refractivity contribution in [1.82, 2.24) is 15.5 Å². The van der Waals surface area contributed by atoms with Crippen molar-refractivity contribution in [2.24, 2.45) is 0 Å². The number of nitrogens with two attached hydrogens (primary N) is 1. The number of para-hydroxylation sites is 1. The number of hydrogen-bond donors (Lipinski definition) is 2. The molecule has 0 aliphatic rings. The second-order valence-corrected chi connectivity index (χ2v) is 5.04. The summed E-state index contributed by atoms with van der Waals surface area (Å²) < 4.78 is 0. The Kier molecular flexibility index (Phi) is 3.89. The number of aryl methyl sites for hydroxylation is 1. The Bertz CT molecular complexity index is 670. The largest absolute Gasteiger partial charge is 0.374 e. The normalized spacial score (nSPS) is 10.2. The van der Waals surface area contributed by atoms with Crippen LogP contribution in [0.15, 0.2) is 18.2 Å². The highest BCUT2D eigenvalue weighted by molar-refractivity contribution is 7.15. The minimum absolute atomic E-state index is 0.0208. The minimum atomic E-state index is -0.562. The Labute approximate surface area is 117 Å². The van der Waals surface area contributed by atoms with E-state index in [-0.39, 0.29) is 17.8 Å². The van der Waals surface area contributed by atoms with Crippen LogP contribution in [-0.4, -0.2) is 21.0 Å². The number of nitro groups is 1. The van der Waals surface area contributed by atoms with Crippen molar-refractivity contribution >= 4 is 28.1 Å². The second-order valence-electron chi connectivity index (χ2n) is 3.94. The van der Waals surface area contributed by atoms with E-state index in [9.17, 15) is 14.9 Å². The molecule has 104 valence electrons.